The Labute approximate surface area is 118 Å². The maximum atomic E-state index is 11.6. The Kier molecular flexibility index (Phi) is 6.11. The highest BCUT2D eigenvalue weighted by atomic mass is 16.5. The number of ether oxygens (including phenoxy) is 4. The molecule has 6 nitrogen and oxygen atoms in total. The van der Waals surface area contributed by atoms with Crippen molar-refractivity contribution < 1.29 is 23.7 Å². The van der Waals surface area contributed by atoms with Gasteiger partial charge in [-0.1, -0.05) is 6.07 Å². The Morgan fingerprint density at radius 2 is 1.75 bits per heavy atom. The predicted molar refractivity (Wildman–Crippen MR) is 74.4 cm³/mol. The van der Waals surface area contributed by atoms with Crippen LogP contribution in [0, 0.1) is 5.92 Å². The minimum absolute atomic E-state index is 0.199. The Morgan fingerprint density at radius 1 is 1.10 bits per heavy atom. The van der Waals surface area contributed by atoms with Crippen LogP contribution < -0.4 is 19.9 Å². The van der Waals surface area contributed by atoms with E-state index in [1.807, 2.05) is 6.07 Å². The molecule has 0 spiro atoms. The summed E-state index contributed by atoms with van der Waals surface area (Å²) in [6.07, 6.45) is 0.409. The van der Waals surface area contributed by atoms with Gasteiger partial charge in [0.15, 0.2) is 11.5 Å². The average molecular weight is 283 g/mol. The van der Waals surface area contributed by atoms with E-state index >= 15 is 0 Å². The summed E-state index contributed by atoms with van der Waals surface area (Å²) in [7, 11) is 5.96. The van der Waals surface area contributed by atoms with Crippen LogP contribution in [0.3, 0.4) is 0 Å². The van der Waals surface area contributed by atoms with E-state index < -0.39 is 5.92 Å². The van der Waals surface area contributed by atoms with Crippen LogP contribution in [0.4, 0.5) is 0 Å². The molecule has 0 radical (unpaired) electrons. The molecule has 0 aliphatic rings. The minimum atomic E-state index is -0.424. The fraction of sp³-hybridized carbons (Fsp3) is 0.500. The van der Waals surface area contributed by atoms with E-state index in [9.17, 15) is 4.79 Å². The molecule has 1 aromatic rings. The SMILES string of the molecule is COC(=O)C(CN)Cc1ccc(OC)c(OC)c1OC. The van der Waals surface area contributed by atoms with Gasteiger partial charge in [-0.05, 0) is 18.1 Å². The van der Waals surface area contributed by atoms with Gasteiger partial charge in [-0.25, -0.2) is 0 Å². The van der Waals surface area contributed by atoms with E-state index in [1.165, 1.54) is 21.3 Å². The van der Waals surface area contributed by atoms with Crippen molar-refractivity contribution in [2.75, 3.05) is 35.0 Å². The van der Waals surface area contributed by atoms with Crippen molar-refractivity contribution in [3.63, 3.8) is 0 Å². The van der Waals surface area contributed by atoms with E-state index in [1.54, 1.807) is 13.2 Å². The zero-order valence-corrected chi connectivity index (χ0v) is 12.3. The zero-order valence-electron chi connectivity index (χ0n) is 12.3. The van der Waals surface area contributed by atoms with Crippen LogP contribution in [-0.4, -0.2) is 41.0 Å². The van der Waals surface area contributed by atoms with Gasteiger partial charge >= 0.3 is 5.97 Å². The number of hydrogen-bond donors (Lipinski definition) is 1. The second-order valence-corrected chi connectivity index (χ2v) is 4.15. The fourth-order valence-corrected chi connectivity index (χ4v) is 2.02. The van der Waals surface area contributed by atoms with Gasteiger partial charge in [-0.3, -0.25) is 4.79 Å². The highest BCUT2D eigenvalue weighted by molar-refractivity contribution is 5.73. The Hall–Kier alpha value is -1.95. The first kappa shape index (κ1) is 16.1. The van der Waals surface area contributed by atoms with Gasteiger partial charge in [0.1, 0.15) is 0 Å². The molecule has 0 bridgehead atoms. The lowest BCUT2D eigenvalue weighted by atomic mass is 9.98. The second-order valence-electron chi connectivity index (χ2n) is 4.15. The third kappa shape index (κ3) is 3.33. The second kappa shape index (κ2) is 7.59. The molecule has 1 unspecified atom stereocenters. The number of hydrogen-bond acceptors (Lipinski definition) is 6. The number of esters is 1. The molecule has 1 atom stereocenters. The highest BCUT2D eigenvalue weighted by Gasteiger charge is 2.23. The van der Waals surface area contributed by atoms with E-state index in [4.69, 9.17) is 24.7 Å². The molecule has 0 aliphatic heterocycles. The summed E-state index contributed by atoms with van der Waals surface area (Å²) in [5.74, 6) is 0.828. The van der Waals surface area contributed by atoms with Gasteiger partial charge in [0.25, 0.3) is 0 Å². The molecule has 112 valence electrons. The smallest absolute Gasteiger partial charge is 0.310 e. The predicted octanol–water partition coefficient (Wildman–Crippen LogP) is 1.00. The molecule has 20 heavy (non-hydrogen) atoms. The number of carbonyl (C=O) groups is 1. The first-order chi connectivity index (χ1) is 9.62. The summed E-state index contributed by atoms with van der Waals surface area (Å²) in [5, 5.41) is 0. The summed E-state index contributed by atoms with van der Waals surface area (Å²) in [6.45, 7) is 0.199. The number of nitrogens with two attached hydrogens (primary N) is 1. The molecule has 6 heteroatoms. The zero-order chi connectivity index (χ0) is 15.1. The molecule has 0 amide bonds. The molecule has 1 aromatic carbocycles. The van der Waals surface area contributed by atoms with Gasteiger partial charge in [0.2, 0.25) is 5.75 Å². The van der Waals surface area contributed by atoms with Crippen LogP contribution in [0.2, 0.25) is 0 Å². The normalized spacial score (nSPS) is 11.7. The lowest BCUT2D eigenvalue weighted by Gasteiger charge is -2.18. The first-order valence-electron chi connectivity index (χ1n) is 6.18. The molecule has 0 aromatic heterocycles. The molecule has 2 N–H and O–H groups in total. The molecular weight excluding hydrogens is 262 g/mol. The number of carbonyl (C=O) groups excluding carboxylic acids is 1. The van der Waals surface area contributed by atoms with Crippen LogP contribution in [-0.2, 0) is 16.0 Å². The monoisotopic (exact) mass is 283 g/mol. The Bertz CT molecular complexity index is 461. The van der Waals surface area contributed by atoms with Crippen molar-refractivity contribution >= 4 is 5.97 Å². The summed E-state index contributed by atoms with van der Waals surface area (Å²) < 4.78 is 20.6. The van der Waals surface area contributed by atoms with E-state index in [0.717, 1.165) is 5.56 Å². The molecule has 0 aliphatic carbocycles. The van der Waals surface area contributed by atoms with Crippen LogP contribution in [0.15, 0.2) is 12.1 Å². The highest BCUT2D eigenvalue weighted by Crippen LogP contribution is 2.40. The van der Waals surface area contributed by atoms with Crippen molar-refractivity contribution in [1.82, 2.24) is 0 Å². The van der Waals surface area contributed by atoms with E-state index in [2.05, 4.69) is 0 Å². The van der Waals surface area contributed by atoms with Crippen molar-refractivity contribution in [2.45, 2.75) is 6.42 Å². The molecule has 1 rings (SSSR count). The Balaban J connectivity index is 3.14. The maximum absolute atomic E-state index is 11.6. The van der Waals surface area contributed by atoms with Crippen molar-refractivity contribution in [1.29, 1.82) is 0 Å². The van der Waals surface area contributed by atoms with E-state index in [-0.39, 0.29) is 12.5 Å². The van der Waals surface area contributed by atoms with Crippen LogP contribution >= 0.6 is 0 Å². The van der Waals surface area contributed by atoms with Crippen LogP contribution in [0.25, 0.3) is 0 Å². The molecule has 0 saturated carbocycles. The van der Waals surface area contributed by atoms with Crippen molar-refractivity contribution in [3.8, 4) is 17.2 Å². The summed E-state index contributed by atoms with van der Waals surface area (Å²) in [6, 6.07) is 3.59. The first-order valence-corrected chi connectivity index (χ1v) is 6.18. The molecular formula is C14H21NO5. The standard InChI is InChI=1S/C14H21NO5/c1-17-11-6-5-9(12(18-2)13(11)19-3)7-10(8-15)14(16)20-4/h5-6,10H,7-8,15H2,1-4H3. The lowest BCUT2D eigenvalue weighted by Crippen LogP contribution is -2.27. The van der Waals surface area contributed by atoms with Gasteiger partial charge in [-0.2, -0.15) is 0 Å². The number of methoxy groups -OCH3 is 4. The minimum Gasteiger partial charge on any atom is -0.493 e. The van der Waals surface area contributed by atoms with Crippen molar-refractivity contribution in [3.05, 3.63) is 17.7 Å². The largest absolute Gasteiger partial charge is 0.493 e. The average Bonchev–Trinajstić information content (AvgIpc) is 2.50. The fourth-order valence-electron chi connectivity index (χ4n) is 2.02. The van der Waals surface area contributed by atoms with Crippen LogP contribution in [0.5, 0.6) is 17.2 Å². The third-order valence-corrected chi connectivity index (χ3v) is 3.07. The quantitative estimate of drug-likeness (QED) is 0.752. The topological polar surface area (TPSA) is 80.0 Å². The number of benzene rings is 1. The van der Waals surface area contributed by atoms with Gasteiger partial charge in [-0.15, -0.1) is 0 Å². The van der Waals surface area contributed by atoms with Crippen molar-refractivity contribution in [2.24, 2.45) is 11.7 Å². The third-order valence-electron chi connectivity index (χ3n) is 3.07. The lowest BCUT2D eigenvalue weighted by molar-refractivity contribution is -0.145. The molecule has 0 fully saturated rings. The van der Waals surface area contributed by atoms with Gasteiger partial charge in [0, 0.05) is 6.54 Å². The van der Waals surface area contributed by atoms with E-state index in [0.29, 0.717) is 23.7 Å². The summed E-state index contributed by atoms with van der Waals surface area (Å²) in [5.41, 5.74) is 6.43. The summed E-state index contributed by atoms with van der Waals surface area (Å²) in [4.78, 5) is 11.6. The van der Waals surface area contributed by atoms with Gasteiger partial charge in [0.05, 0.1) is 34.4 Å². The maximum Gasteiger partial charge on any atom is 0.310 e. The molecule has 0 heterocycles. The van der Waals surface area contributed by atoms with Crippen LogP contribution in [0.1, 0.15) is 5.56 Å². The number of rotatable bonds is 7. The Morgan fingerprint density at radius 3 is 2.20 bits per heavy atom. The van der Waals surface area contributed by atoms with Gasteiger partial charge < -0.3 is 24.7 Å². The molecule has 0 saturated heterocycles. The summed E-state index contributed by atoms with van der Waals surface area (Å²) >= 11 is 0.